The molecule has 6 heteroatoms. The van der Waals surface area contributed by atoms with Gasteiger partial charge in [-0.2, -0.15) is 0 Å². The van der Waals surface area contributed by atoms with E-state index in [1.807, 2.05) is 121 Å². The molecule has 30 heavy (non-hydrogen) atoms. The van der Waals surface area contributed by atoms with Crippen LogP contribution in [-0.2, 0) is 16.4 Å². The molecule has 154 valence electrons. The summed E-state index contributed by atoms with van der Waals surface area (Å²) < 4.78 is 29.7. The van der Waals surface area contributed by atoms with E-state index in [9.17, 15) is 4.21 Å². The van der Waals surface area contributed by atoms with Crippen molar-refractivity contribution in [2.75, 3.05) is 0 Å². The fourth-order valence-electron chi connectivity index (χ4n) is 2.63. The average molecular weight is 642 g/mol. The van der Waals surface area contributed by atoms with E-state index in [0.717, 1.165) is 14.3 Å². The van der Waals surface area contributed by atoms with Crippen LogP contribution >= 0.6 is 40.5 Å². The van der Waals surface area contributed by atoms with E-state index in [1.165, 1.54) is 0 Å². The molecular formula is C24H20I2O3S. The van der Waals surface area contributed by atoms with Crippen LogP contribution in [0.15, 0.2) is 121 Å². The molecule has 0 spiro atoms. The van der Waals surface area contributed by atoms with E-state index in [4.69, 9.17) is 5.03 Å². The summed E-state index contributed by atoms with van der Waals surface area (Å²) in [7, 11) is 0. The van der Waals surface area contributed by atoms with Gasteiger partial charge in [0.05, 0.1) is 0 Å². The molecule has 0 unspecified atom stereocenters. The molecule has 0 radical (unpaired) electrons. The topological polar surface area (TPSA) is 35.5 Å². The van der Waals surface area contributed by atoms with Crippen molar-refractivity contribution in [3.8, 4) is 0 Å². The summed E-state index contributed by atoms with van der Waals surface area (Å²) in [4.78, 5) is 0. The molecular weight excluding hydrogens is 622 g/mol. The molecule has 0 aromatic heterocycles. The van der Waals surface area contributed by atoms with Gasteiger partial charge in [0.1, 0.15) is 0 Å². The minimum atomic E-state index is -2.37. The van der Waals surface area contributed by atoms with Crippen LogP contribution in [0.3, 0.4) is 0 Å². The Kier molecular flexibility index (Phi) is 8.04. The quantitative estimate of drug-likeness (QED) is 0.196. The van der Waals surface area contributed by atoms with Gasteiger partial charge in [-0.15, -0.1) is 0 Å². The molecule has 0 saturated heterocycles. The molecule has 4 rings (SSSR count). The van der Waals surface area contributed by atoms with E-state index in [0.29, 0.717) is 0 Å². The van der Waals surface area contributed by atoms with Crippen molar-refractivity contribution in [2.45, 2.75) is 0 Å². The van der Waals surface area contributed by atoms with Crippen molar-refractivity contribution in [1.82, 2.24) is 0 Å². The second-order valence-corrected chi connectivity index (χ2v) is 16.7. The first-order valence-electron chi connectivity index (χ1n) is 9.21. The van der Waals surface area contributed by atoms with Crippen molar-refractivity contribution < 1.29 is 9.23 Å². The number of hydrogen-bond acceptors (Lipinski definition) is 3. The molecule has 4 aromatic carbocycles. The molecule has 0 aliphatic rings. The molecule has 0 fully saturated rings. The van der Waals surface area contributed by atoms with Crippen LogP contribution in [0.4, 0.5) is 0 Å². The van der Waals surface area contributed by atoms with Crippen LogP contribution in [0.25, 0.3) is 0 Å². The standard InChI is InChI=1S/C24H20I2O3S/c27-30(28-25(21-13-5-1-6-14-21)22-15-7-2-8-16-22)29-26(23-17-9-3-10-18-23)24-19-11-4-12-20-24/h1-20H. The molecule has 4 aromatic rings. The fraction of sp³-hybridized carbons (Fsp3) is 0. The first-order chi connectivity index (χ1) is 14.8. The Morgan fingerprint density at radius 3 is 0.900 bits per heavy atom. The Hall–Kier alpha value is -1.59. The van der Waals surface area contributed by atoms with E-state index < -0.39 is 51.8 Å². The van der Waals surface area contributed by atoms with Gasteiger partial charge in [0.2, 0.25) is 0 Å². The predicted octanol–water partition coefficient (Wildman–Crippen LogP) is 6.92. The van der Waals surface area contributed by atoms with Gasteiger partial charge in [-0.1, -0.05) is 0 Å². The minimum absolute atomic E-state index is 1.09. The van der Waals surface area contributed by atoms with Gasteiger partial charge in [-0.3, -0.25) is 0 Å². The molecule has 0 aliphatic heterocycles. The fourth-order valence-corrected chi connectivity index (χ4v) is 14.4. The predicted molar refractivity (Wildman–Crippen MR) is 139 cm³/mol. The average Bonchev–Trinajstić information content (AvgIpc) is 2.83. The number of hydrogen-bond donors (Lipinski definition) is 0. The molecule has 0 bridgehead atoms. The summed E-state index contributed by atoms with van der Waals surface area (Å²) in [6.07, 6.45) is 0. The summed E-state index contributed by atoms with van der Waals surface area (Å²) >= 11 is -6.58. The summed E-state index contributed by atoms with van der Waals surface area (Å²) in [5, 5.41) is 0. The molecule has 0 N–H and O–H groups in total. The summed E-state index contributed by atoms with van der Waals surface area (Å²) in [6.45, 7) is 0. The SMILES string of the molecule is O=S(OI(c1ccccc1)c1ccccc1)OI(c1ccccc1)c1ccccc1. The van der Waals surface area contributed by atoms with Gasteiger partial charge in [-0.25, -0.2) is 0 Å². The molecule has 3 nitrogen and oxygen atoms in total. The van der Waals surface area contributed by atoms with Gasteiger partial charge in [0.15, 0.2) is 0 Å². The first-order valence-corrected chi connectivity index (χ1v) is 16.3. The Labute approximate surface area is 195 Å². The van der Waals surface area contributed by atoms with Crippen molar-refractivity contribution in [1.29, 1.82) is 0 Å². The van der Waals surface area contributed by atoms with Gasteiger partial charge in [0, 0.05) is 0 Å². The Morgan fingerprint density at radius 1 is 0.433 bits per heavy atom. The third-order valence-corrected chi connectivity index (χ3v) is 15.7. The van der Waals surface area contributed by atoms with Crippen molar-refractivity contribution in [3.05, 3.63) is 136 Å². The molecule has 0 aliphatic carbocycles. The van der Waals surface area contributed by atoms with Crippen LogP contribution in [0, 0.1) is 14.3 Å². The third-order valence-electron chi connectivity index (χ3n) is 3.95. The molecule has 0 saturated carbocycles. The zero-order valence-corrected chi connectivity index (χ0v) is 21.1. The van der Waals surface area contributed by atoms with E-state index in [-0.39, 0.29) is 0 Å². The van der Waals surface area contributed by atoms with E-state index in [1.54, 1.807) is 0 Å². The van der Waals surface area contributed by atoms with Crippen molar-refractivity contribution in [2.24, 2.45) is 0 Å². The van der Waals surface area contributed by atoms with Gasteiger partial charge in [-0.05, 0) is 0 Å². The Balaban J connectivity index is 1.60. The summed E-state index contributed by atoms with van der Waals surface area (Å²) in [6, 6.07) is 40.1. The van der Waals surface area contributed by atoms with Gasteiger partial charge in [0.25, 0.3) is 0 Å². The van der Waals surface area contributed by atoms with Crippen LogP contribution < -0.4 is 0 Å². The summed E-state index contributed by atoms with van der Waals surface area (Å²) in [5.41, 5.74) is 0. The first kappa shape index (κ1) is 21.6. The van der Waals surface area contributed by atoms with E-state index >= 15 is 0 Å². The maximum atomic E-state index is 13.1. The maximum absolute atomic E-state index is 13.1. The van der Waals surface area contributed by atoms with Crippen LogP contribution in [0.1, 0.15) is 0 Å². The third kappa shape index (κ3) is 5.76. The van der Waals surface area contributed by atoms with E-state index in [2.05, 4.69) is 0 Å². The zero-order chi connectivity index (χ0) is 20.6. The second-order valence-electron chi connectivity index (χ2n) is 6.01. The van der Waals surface area contributed by atoms with Gasteiger partial charge < -0.3 is 0 Å². The van der Waals surface area contributed by atoms with Gasteiger partial charge >= 0.3 is 197 Å². The van der Waals surface area contributed by atoms with Crippen LogP contribution in [-0.4, -0.2) is 4.21 Å². The Bertz CT molecular complexity index is 899. The monoisotopic (exact) mass is 642 g/mol. The second kappa shape index (κ2) is 11.1. The van der Waals surface area contributed by atoms with Crippen molar-refractivity contribution in [3.63, 3.8) is 0 Å². The number of halogens is 2. The van der Waals surface area contributed by atoms with Crippen LogP contribution in [0.5, 0.6) is 0 Å². The summed E-state index contributed by atoms with van der Waals surface area (Å²) in [5.74, 6) is 0. The zero-order valence-electron chi connectivity index (χ0n) is 15.9. The Morgan fingerprint density at radius 2 is 0.667 bits per heavy atom. The number of rotatable bonds is 8. The normalized spacial score (nSPS) is 11.9. The van der Waals surface area contributed by atoms with Crippen LogP contribution in [0.2, 0.25) is 0 Å². The molecule has 0 atom stereocenters. The number of benzene rings is 4. The molecule has 0 amide bonds. The molecule has 0 heterocycles. The van der Waals surface area contributed by atoms with Crippen molar-refractivity contribution >= 4 is 51.8 Å².